The Bertz CT molecular complexity index is 883. The molecule has 3 rings (SSSR count). The summed E-state index contributed by atoms with van der Waals surface area (Å²) in [5, 5.41) is 3.78. The number of aromatic nitrogens is 1. The predicted molar refractivity (Wildman–Crippen MR) is 93.4 cm³/mol. The molecule has 3 aromatic rings. The van der Waals surface area contributed by atoms with Gasteiger partial charge in [0.15, 0.2) is 0 Å². The largest absolute Gasteiger partial charge is 0.497 e. The molecule has 0 aliphatic heterocycles. The van der Waals surface area contributed by atoms with Crippen molar-refractivity contribution >= 4 is 28.4 Å². The van der Waals surface area contributed by atoms with Crippen LogP contribution in [0.25, 0.3) is 10.9 Å². The molecule has 0 spiro atoms. The Morgan fingerprint density at radius 3 is 2.71 bits per heavy atom. The molecule has 1 heterocycles. The van der Waals surface area contributed by atoms with Crippen LogP contribution in [0.4, 0.5) is 5.69 Å². The van der Waals surface area contributed by atoms with E-state index in [2.05, 4.69) is 5.32 Å². The SMILES string of the molecule is COc1cccc(NC(=O)CCC(=O)n2ccc3ccccc32)c1. The van der Waals surface area contributed by atoms with Gasteiger partial charge in [-0.05, 0) is 24.3 Å². The van der Waals surface area contributed by atoms with E-state index in [0.29, 0.717) is 11.4 Å². The smallest absolute Gasteiger partial charge is 0.231 e. The van der Waals surface area contributed by atoms with Gasteiger partial charge in [-0.2, -0.15) is 0 Å². The van der Waals surface area contributed by atoms with Crippen LogP contribution in [0.3, 0.4) is 0 Å². The van der Waals surface area contributed by atoms with Crippen molar-refractivity contribution in [2.45, 2.75) is 12.8 Å². The number of nitrogens with zero attached hydrogens (tertiary/aromatic N) is 1. The van der Waals surface area contributed by atoms with Crippen LogP contribution in [0.5, 0.6) is 5.75 Å². The summed E-state index contributed by atoms with van der Waals surface area (Å²) in [7, 11) is 1.57. The summed E-state index contributed by atoms with van der Waals surface area (Å²) in [6, 6.07) is 16.7. The van der Waals surface area contributed by atoms with Gasteiger partial charge in [-0.3, -0.25) is 14.2 Å². The minimum atomic E-state index is -0.201. The molecule has 0 bridgehead atoms. The standard InChI is InChI=1S/C19H18N2O3/c1-24-16-7-4-6-15(13-16)20-18(22)9-10-19(23)21-12-11-14-5-2-3-8-17(14)21/h2-8,11-13H,9-10H2,1H3,(H,20,22). The molecular weight excluding hydrogens is 304 g/mol. The minimum Gasteiger partial charge on any atom is -0.497 e. The molecule has 5 heteroatoms. The average molecular weight is 322 g/mol. The van der Waals surface area contributed by atoms with Gasteiger partial charge in [-0.25, -0.2) is 0 Å². The van der Waals surface area contributed by atoms with Crippen LogP contribution in [0, 0.1) is 0 Å². The molecule has 1 amide bonds. The Morgan fingerprint density at radius 2 is 1.88 bits per heavy atom. The van der Waals surface area contributed by atoms with Crippen LogP contribution >= 0.6 is 0 Å². The Kier molecular flexibility index (Phi) is 4.61. The van der Waals surface area contributed by atoms with Crippen molar-refractivity contribution in [3.05, 3.63) is 60.8 Å². The van der Waals surface area contributed by atoms with Crippen molar-refractivity contribution in [2.24, 2.45) is 0 Å². The first-order chi connectivity index (χ1) is 11.7. The number of benzene rings is 2. The predicted octanol–water partition coefficient (Wildman–Crippen LogP) is 3.71. The Morgan fingerprint density at radius 1 is 1.04 bits per heavy atom. The van der Waals surface area contributed by atoms with E-state index in [9.17, 15) is 9.59 Å². The summed E-state index contributed by atoms with van der Waals surface area (Å²) in [6.07, 6.45) is 2.02. The van der Waals surface area contributed by atoms with Crippen molar-refractivity contribution in [1.29, 1.82) is 0 Å². The van der Waals surface area contributed by atoms with Gasteiger partial charge in [0.05, 0.1) is 12.6 Å². The van der Waals surface area contributed by atoms with Crippen LogP contribution in [-0.4, -0.2) is 23.5 Å². The Hall–Kier alpha value is -3.08. The van der Waals surface area contributed by atoms with Gasteiger partial charge in [0, 0.05) is 36.2 Å². The van der Waals surface area contributed by atoms with E-state index >= 15 is 0 Å². The number of hydrogen-bond acceptors (Lipinski definition) is 3. The molecule has 1 N–H and O–H groups in total. The summed E-state index contributed by atoms with van der Waals surface area (Å²) in [5.74, 6) is 0.368. The maximum Gasteiger partial charge on any atom is 0.231 e. The molecule has 0 fully saturated rings. The molecule has 0 aliphatic carbocycles. The number of ether oxygens (including phenoxy) is 1. The molecule has 2 aromatic carbocycles. The van der Waals surface area contributed by atoms with Crippen LogP contribution < -0.4 is 10.1 Å². The third-order valence-corrected chi connectivity index (χ3v) is 3.79. The van der Waals surface area contributed by atoms with E-state index in [1.807, 2.05) is 30.3 Å². The second kappa shape index (κ2) is 7.00. The lowest BCUT2D eigenvalue weighted by Gasteiger charge is -2.07. The number of hydrogen-bond donors (Lipinski definition) is 1. The lowest BCUT2D eigenvalue weighted by atomic mass is 10.2. The second-order valence-corrected chi connectivity index (χ2v) is 5.42. The van der Waals surface area contributed by atoms with E-state index < -0.39 is 0 Å². The van der Waals surface area contributed by atoms with Gasteiger partial charge in [-0.1, -0.05) is 24.3 Å². The molecule has 1 aromatic heterocycles. The number of rotatable bonds is 5. The third kappa shape index (κ3) is 3.46. The molecule has 122 valence electrons. The summed E-state index contributed by atoms with van der Waals surface area (Å²) < 4.78 is 6.71. The van der Waals surface area contributed by atoms with Gasteiger partial charge in [0.25, 0.3) is 0 Å². The highest BCUT2D eigenvalue weighted by Crippen LogP contribution is 2.18. The lowest BCUT2D eigenvalue weighted by Crippen LogP contribution is -2.16. The first-order valence-electron chi connectivity index (χ1n) is 7.70. The van der Waals surface area contributed by atoms with Gasteiger partial charge in [-0.15, -0.1) is 0 Å². The second-order valence-electron chi connectivity index (χ2n) is 5.42. The maximum absolute atomic E-state index is 12.3. The normalized spacial score (nSPS) is 10.5. The van der Waals surface area contributed by atoms with Crippen molar-refractivity contribution in [2.75, 3.05) is 12.4 Å². The molecule has 24 heavy (non-hydrogen) atoms. The maximum atomic E-state index is 12.3. The number of para-hydroxylation sites is 1. The zero-order chi connectivity index (χ0) is 16.9. The van der Waals surface area contributed by atoms with E-state index in [1.165, 1.54) is 0 Å². The fraction of sp³-hybridized carbons (Fsp3) is 0.158. The van der Waals surface area contributed by atoms with Crippen molar-refractivity contribution in [1.82, 2.24) is 4.57 Å². The molecule has 0 saturated heterocycles. The number of carbonyl (C=O) groups excluding carboxylic acids is 2. The van der Waals surface area contributed by atoms with E-state index in [0.717, 1.165) is 10.9 Å². The molecule has 0 radical (unpaired) electrons. The summed E-state index contributed by atoms with van der Waals surface area (Å²) in [6.45, 7) is 0. The Balaban J connectivity index is 1.60. The Labute approximate surface area is 139 Å². The van der Waals surface area contributed by atoms with Crippen LogP contribution in [0.1, 0.15) is 17.6 Å². The first-order valence-corrected chi connectivity index (χ1v) is 7.70. The molecule has 0 unspecified atom stereocenters. The van der Waals surface area contributed by atoms with Crippen molar-refractivity contribution in [3.63, 3.8) is 0 Å². The number of methoxy groups -OCH3 is 1. The molecule has 0 atom stereocenters. The van der Waals surface area contributed by atoms with Gasteiger partial charge in [0.1, 0.15) is 5.75 Å². The van der Waals surface area contributed by atoms with Crippen molar-refractivity contribution in [3.8, 4) is 5.75 Å². The fourth-order valence-electron chi connectivity index (χ4n) is 2.57. The highest BCUT2D eigenvalue weighted by molar-refractivity contribution is 5.96. The number of amides is 1. The highest BCUT2D eigenvalue weighted by Gasteiger charge is 2.11. The zero-order valence-electron chi connectivity index (χ0n) is 13.4. The molecule has 5 nitrogen and oxygen atoms in total. The topological polar surface area (TPSA) is 60.3 Å². The number of carbonyl (C=O) groups is 2. The quantitative estimate of drug-likeness (QED) is 0.779. The molecular formula is C19H18N2O3. The van der Waals surface area contributed by atoms with Gasteiger partial charge >= 0.3 is 0 Å². The fourth-order valence-corrected chi connectivity index (χ4v) is 2.57. The van der Waals surface area contributed by atoms with Crippen molar-refractivity contribution < 1.29 is 14.3 Å². The van der Waals surface area contributed by atoms with Crippen LogP contribution in [-0.2, 0) is 4.79 Å². The van der Waals surface area contributed by atoms with Gasteiger partial charge in [0.2, 0.25) is 11.8 Å². The van der Waals surface area contributed by atoms with Crippen LogP contribution in [0.2, 0.25) is 0 Å². The zero-order valence-corrected chi connectivity index (χ0v) is 13.4. The molecule has 0 aliphatic rings. The monoisotopic (exact) mass is 322 g/mol. The lowest BCUT2D eigenvalue weighted by molar-refractivity contribution is -0.116. The summed E-state index contributed by atoms with van der Waals surface area (Å²) in [4.78, 5) is 24.4. The average Bonchev–Trinajstić information content (AvgIpc) is 3.04. The third-order valence-electron chi connectivity index (χ3n) is 3.79. The van der Waals surface area contributed by atoms with E-state index in [-0.39, 0.29) is 24.7 Å². The number of anilines is 1. The number of fused-ring (bicyclic) bond motifs is 1. The van der Waals surface area contributed by atoms with Gasteiger partial charge < -0.3 is 10.1 Å². The highest BCUT2D eigenvalue weighted by atomic mass is 16.5. The molecule has 0 saturated carbocycles. The van der Waals surface area contributed by atoms with E-state index in [4.69, 9.17) is 4.74 Å². The summed E-state index contributed by atoms with van der Waals surface area (Å²) >= 11 is 0. The van der Waals surface area contributed by atoms with E-state index in [1.54, 1.807) is 42.1 Å². The first kappa shape index (κ1) is 15.8. The number of nitrogens with one attached hydrogen (secondary N) is 1. The van der Waals surface area contributed by atoms with Crippen LogP contribution in [0.15, 0.2) is 60.8 Å². The minimum absolute atomic E-state index is 0.100. The summed E-state index contributed by atoms with van der Waals surface area (Å²) in [5.41, 5.74) is 1.51.